The Labute approximate surface area is 103 Å². The van der Waals surface area contributed by atoms with E-state index in [0.717, 1.165) is 10.0 Å². The number of aryl methyl sites for hydroxylation is 1. The van der Waals surface area contributed by atoms with Gasteiger partial charge in [0.15, 0.2) is 0 Å². The highest BCUT2D eigenvalue weighted by Gasteiger charge is 2.03. The first-order chi connectivity index (χ1) is 7.63. The van der Waals surface area contributed by atoms with Gasteiger partial charge in [0.05, 0.1) is 13.1 Å². The van der Waals surface area contributed by atoms with E-state index in [9.17, 15) is 4.79 Å². The fourth-order valence-electron chi connectivity index (χ4n) is 1.10. The van der Waals surface area contributed by atoms with Crippen molar-refractivity contribution in [3.8, 4) is 12.3 Å². The number of halogens is 1. The second kappa shape index (κ2) is 6.13. The number of hydrogen-bond donors (Lipinski definition) is 2. The topological polar surface area (TPSA) is 54.0 Å². The Bertz CT molecular complexity index is 426. The normalized spacial score (nSPS) is 9.31. The fraction of sp³-hybridized carbons (Fsp3) is 0.273. The van der Waals surface area contributed by atoms with Crippen molar-refractivity contribution in [3.05, 3.63) is 22.3 Å². The lowest BCUT2D eigenvalue weighted by molar-refractivity contribution is -0.119. The molecule has 1 aromatic heterocycles. The summed E-state index contributed by atoms with van der Waals surface area (Å²) in [5.74, 6) is 2.88. The van der Waals surface area contributed by atoms with Crippen LogP contribution in [0.2, 0.25) is 0 Å². The van der Waals surface area contributed by atoms with Crippen LogP contribution in [0.25, 0.3) is 0 Å². The molecule has 1 amide bonds. The van der Waals surface area contributed by atoms with Crippen molar-refractivity contribution in [1.29, 1.82) is 0 Å². The van der Waals surface area contributed by atoms with Crippen molar-refractivity contribution in [2.75, 3.05) is 18.4 Å². The SMILES string of the molecule is C#CCNC(=O)CNc1ncc(Br)cc1C. The molecule has 0 aliphatic carbocycles. The van der Waals surface area contributed by atoms with Gasteiger partial charge >= 0.3 is 0 Å². The highest BCUT2D eigenvalue weighted by Crippen LogP contribution is 2.16. The van der Waals surface area contributed by atoms with Crippen molar-refractivity contribution in [1.82, 2.24) is 10.3 Å². The summed E-state index contributed by atoms with van der Waals surface area (Å²) in [6, 6.07) is 1.93. The second-order valence-electron chi connectivity index (χ2n) is 3.15. The fourth-order valence-corrected chi connectivity index (χ4v) is 1.55. The minimum atomic E-state index is -0.151. The molecule has 0 unspecified atom stereocenters. The van der Waals surface area contributed by atoms with E-state index in [4.69, 9.17) is 6.42 Å². The molecule has 0 fully saturated rings. The number of anilines is 1. The molecule has 0 aromatic carbocycles. The minimum absolute atomic E-state index is 0.151. The van der Waals surface area contributed by atoms with Crippen LogP contribution in [0.4, 0.5) is 5.82 Å². The average Bonchev–Trinajstić information content (AvgIpc) is 2.25. The van der Waals surface area contributed by atoms with E-state index in [0.29, 0.717) is 5.82 Å². The van der Waals surface area contributed by atoms with Gasteiger partial charge in [0.2, 0.25) is 5.91 Å². The number of carbonyl (C=O) groups is 1. The van der Waals surface area contributed by atoms with E-state index < -0.39 is 0 Å². The van der Waals surface area contributed by atoms with E-state index in [1.54, 1.807) is 6.20 Å². The lowest BCUT2D eigenvalue weighted by Crippen LogP contribution is -2.30. The summed E-state index contributed by atoms with van der Waals surface area (Å²) in [4.78, 5) is 15.4. The summed E-state index contributed by atoms with van der Waals surface area (Å²) >= 11 is 3.32. The van der Waals surface area contributed by atoms with E-state index in [1.165, 1.54) is 0 Å². The Balaban J connectivity index is 2.49. The van der Waals surface area contributed by atoms with Gasteiger partial charge in [0.1, 0.15) is 5.82 Å². The maximum atomic E-state index is 11.2. The third-order valence-corrected chi connectivity index (χ3v) is 2.28. The van der Waals surface area contributed by atoms with Crippen molar-refractivity contribution in [2.24, 2.45) is 0 Å². The van der Waals surface area contributed by atoms with E-state index >= 15 is 0 Å². The number of nitrogens with one attached hydrogen (secondary N) is 2. The van der Waals surface area contributed by atoms with Crippen LogP contribution in [0.5, 0.6) is 0 Å². The highest BCUT2D eigenvalue weighted by molar-refractivity contribution is 9.10. The largest absolute Gasteiger partial charge is 0.361 e. The van der Waals surface area contributed by atoms with Crippen LogP contribution < -0.4 is 10.6 Å². The third kappa shape index (κ3) is 3.91. The van der Waals surface area contributed by atoms with Gasteiger partial charge in [-0.15, -0.1) is 6.42 Å². The molecule has 16 heavy (non-hydrogen) atoms. The third-order valence-electron chi connectivity index (χ3n) is 1.85. The molecule has 84 valence electrons. The molecule has 0 atom stereocenters. The molecular formula is C11H12BrN3O. The Kier molecular flexibility index (Phi) is 4.80. The summed E-state index contributed by atoms with van der Waals surface area (Å²) in [7, 11) is 0. The van der Waals surface area contributed by atoms with Crippen molar-refractivity contribution in [3.63, 3.8) is 0 Å². The molecule has 0 aliphatic heterocycles. The number of pyridine rings is 1. The van der Waals surface area contributed by atoms with Crippen LogP contribution in [0.15, 0.2) is 16.7 Å². The molecule has 5 heteroatoms. The van der Waals surface area contributed by atoms with Crippen LogP contribution in [-0.2, 0) is 4.79 Å². The Hall–Kier alpha value is -1.54. The monoisotopic (exact) mass is 281 g/mol. The highest BCUT2D eigenvalue weighted by atomic mass is 79.9. The van der Waals surface area contributed by atoms with E-state index in [1.807, 2.05) is 13.0 Å². The second-order valence-corrected chi connectivity index (χ2v) is 4.07. The molecule has 0 spiro atoms. The lowest BCUT2D eigenvalue weighted by Gasteiger charge is -2.08. The van der Waals surface area contributed by atoms with Crippen molar-refractivity contribution >= 4 is 27.7 Å². The van der Waals surface area contributed by atoms with Gasteiger partial charge in [-0.3, -0.25) is 4.79 Å². The maximum Gasteiger partial charge on any atom is 0.240 e. The predicted molar refractivity (Wildman–Crippen MR) is 67.0 cm³/mol. The zero-order valence-electron chi connectivity index (χ0n) is 8.88. The predicted octanol–water partition coefficient (Wildman–Crippen LogP) is 1.31. The Morgan fingerprint density at radius 1 is 1.69 bits per heavy atom. The van der Waals surface area contributed by atoms with Gasteiger partial charge in [-0.1, -0.05) is 5.92 Å². The van der Waals surface area contributed by atoms with Crippen LogP contribution in [0.1, 0.15) is 5.56 Å². The molecule has 4 nitrogen and oxygen atoms in total. The molecule has 1 aromatic rings. The summed E-state index contributed by atoms with van der Waals surface area (Å²) in [6.45, 7) is 2.32. The summed E-state index contributed by atoms with van der Waals surface area (Å²) in [5, 5.41) is 5.50. The van der Waals surface area contributed by atoms with Crippen LogP contribution in [0.3, 0.4) is 0 Å². The van der Waals surface area contributed by atoms with Crippen LogP contribution in [-0.4, -0.2) is 24.0 Å². The van der Waals surface area contributed by atoms with E-state index in [-0.39, 0.29) is 19.0 Å². The van der Waals surface area contributed by atoms with Gasteiger partial charge in [0.25, 0.3) is 0 Å². The van der Waals surface area contributed by atoms with Crippen LogP contribution >= 0.6 is 15.9 Å². The molecule has 0 saturated carbocycles. The Morgan fingerprint density at radius 3 is 3.06 bits per heavy atom. The zero-order chi connectivity index (χ0) is 12.0. The minimum Gasteiger partial charge on any atom is -0.361 e. The summed E-state index contributed by atoms with van der Waals surface area (Å²) in [5.41, 5.74) is 0.971. The summed E-state index contributed by atoms with van der Waals surface area (Å²) < 4.78 is 0.910. The van der Waals surface area contributed by atoms with Crippen molar-refractivity contribution < 1.29 is 4.79 Å². The van der Waals surface area contributed by atoms with Gasteiger partial charge in [-0.2, -0.15) is 0 Å². The lowest BCUT2D eigenvalue weighted by atomic mass is 10.3. The molecule has 0 aliphatic rings. The molecular weight excluding hydrogens is 270 g/mol. The van der Waals surface area contributed by atoms with Gasteiger partial charge < -0.3 is 10.6 Å². The van der Waals surface area contributed by atoms with Crippen molar-refractivity contribution in [2.45, 2.75) is 6.92 Å². The van der Waals surface area contributed by atoms with E-state index in [2.05, 4.69) is 37.5 Å². The Morgan fingerprint density at radius 2 is 2.44 bits per heavy atom. The van der Waals surface area contributed by atoms with Gasteiger partial charge in [0, 0.05) is 10.7 Å². The molecule has 1 rings (SSSR count). The standard InChI is InChI=1S/C11H12BrN3O/c1-3-4-13-10(16)7-15-11-8(2)5-9(12)6-14-11/h1,5-6H,4,7H2,2H3,(H,13,16)(H,14,15). The van der Waals surface area contributed by atoms with Gasteiger partial charge in [-0.25, -0.2) is 4.98 Å². The molecule has 0 radical (unpaired) electrons. The summed E-state index contributed by atoms with van der Waals surface area (Å²) in [6.07, 6.45) is 6.70. The number of nitrogens with zero attached hydrogens (tertiary/aromatic N) is 1. The quantitative estimate of drug-likeness (QED) is 0.819. The first-order valence-corrected chi connectivity index (χ1v) is 5.49. The first kappa shape index (κ1) is 12.5. The number of terminal acetylenes is 1. The molecule has 1 heterocycles. The number of rotatable bonds is 4. The maximum absolute atomic E-state index is 11.2. The first-order valence-electron chi connectivity index (χ1n) is 4.69. The van der Waals surface area contributed by atoms with Gasteiger partial charge in [-0.05, 0) is 34.5 Å². The number of aromatic nitrogens is 1. The average molecular weight is 282 g/mol. The number of amides is 1. The molecule has 2 N–H and O–H groups in total. The number of hydrogen-bond acceptors (Lipinski definition) is 3. The smallest absolute Gasteiger partial charge is 0.240 e. The number of carbonyl (C=O) groups excluding carboxylic acids is 1. The molecule has 0 saturated heterocycles. The zero-order valence-corrected chi connectivity index (χ0v) is 10.5. The molecule has 0 bridgehead atoms. The van der Waals surface area contributed by atoms with Crippen LogP contribution in [0, 0.1) is 19.3 Å².